The molecule has 0 radical (unpaired) electrons. The van der Waals surface area contributed by atoms with Gasteiger partial charge in [-0.1, -0.05) is 15.9 Å². The number of hydrogen-bond donors (Lipinski definition) is 2. The molecule has 21 heavy (non-hydrogen) atoms. The molecule has 1 heterocycles. The molecule has 2 rings (SSSR count). The predicted molar refractivity (Wildman–Crippen MR) is 75.0 cm³/mol. The molecule has 2 unspecified atom stereocenters. The van der Waals surface area contributed by atoms with Gasteiger partial charge in [-0.2, -0.15) is 0 Å². The molecule has 2 N–H and O–H groups in total. The third kappa shape index (κ3) is 3.15. The molecule has 1 fully saturated rings. The summed E-state index contributed by atoms with van der Waals surface area (Å²) in [5.41, 5.74) is -0.547. The maximum atomic E-state index is 13.7. The van der Waals surface area contributed by atoms with Crippen molar-refractivity contribution in [1.29, 1.82) is 0 Å². The highest BCUT2D eigenvalue weighted by molar-refractivity contribution is 9.10. The highest BCUT2D eigenvalue weighted by Crippen LogP contribution is 2.27. The molecule has 0 saturated carbocycles. The van der Waals surface area contributed by atoms with Crippen molar-refractivity contribution in [2.45, 2.75) is 19.4 Å². The smallest absolute Gasteiger partial charge is 0.322 e. The zero-order valence-electron chi connectivity index (χ0n) is 11.1. The fraction of sp³-hybridized carbons (Fsp3) is 0.385. The van der Waals surface area contributed by atoms with Gasteiger partial charge in [0.05, 0.1) is 5.92 Å². The minimum Gasteiger partial charge on any atom is -0.481 e. The summed E-state index contributed by atoms with van der Waals surface area (Å²) in [5, 5.41) is 11.2. The number of anilines is 1. The first-order valence-electron chi connectivity index (χ1n) is 6.26. The maximum Gasteiger partial charge on any atom is 0.322 e. The zero-order chi connectivity index (χ0) is 15.7. The maximum absolute atomic E-state index is 13.7. The van der Waals surface area contributed by atoms with E-state index in [2.05, 4.69) is 21.2 Å². The molecule has 2 atom stereocenters. The van der Waals surface area contributed by atoms with E-state index in [-0.39, 0.29) is 11.0 Å². The number of likely N-dealkylation sites (tertiary alicyclic amines) is 1. The Kier molecular flexibility index (Phi) is 4.46. The quantitative estimate of drug-likeness (QED) is 0.849. The van der Waals surface area contributed by atoms with Gasteiger partial charge in [0.15, 0.2) is 11.6 Å². The van der Waals surface area contributed by atoms with Crippen molar-refractivity contribution in [2.24, 2.45) is 5.92 Å². The van der Waals surface area contributed by atoms with Crippen LogP contribution in [0.4, 0.5) is 19.3 Å². The lowest BCUT2D eigenvalue weighted by Crippen LogP contribution is -2.40. The first-order chi connectivity index (χ1) is 9.81. The van der Waals surface area contributed by atoms with Gasteiger partial charge < -0.3 is 15.3 Å². The summed E-state index contributed by atoms with van der Waals surface area (Å²) in [4.78, 5) is 24.3. The van der Waals surface area contributed by atoms with Crippen LogP contribution in [0.3, 0.4) is 0 Å². The summed E-state index contributed by atoms with van der Waals surface area (Å²) in [6.07, 6.45) is 0.315. The van der Waals surface area contributed by atoms with Crippen LogP contribution in [0, 0.1) is 17.6 Å². The molecule has 1 aromatic carbocycles. The zero-order valence-corrected chi connectivity index (χ0v) is 12.7. The van der Waals surface area contributed by atoms with Crippen molar-refractivity contribution in [3.05, 3.63) is 28.2 Å². The Balaban J connectivity index is 2.15. The van der Waals surface area contributed by atoms with Crippen LogP contribution in [0.1, 0.15) is 13.3 Å². The van der Waals surface area contributed by atoms with Crippen molar-refractivity contribution < 1.29 is 23.5 Å². The molecule has 8 heteroatoms. The summed E-state index contributed by atoms with van der Waals surface area (Å²) in [5.74, 6) is -3.47. The van der Waals surface area contributed by atoms with E-state index in [9.17, 15) is 18.4 Å². The topological polar surface area (TPSA) is 69.6 Å². The molecule has 1 saturated heterocycles. The molecule has 114 valence electrons. The van der Waals surface area contributed by atoms with Crippen LogP contribution in [-0.4, -0.2) is 34.6 Å². The van der Waals surface area contributed by atoms with E-state index in [0.29, 0.717) is 6.42 Å². The summed E-state index contributed by atoms with van der Waals surface area (Å²) in [6.45, 7) is 1.82. The summed E-state index contributed by atoms with van der Waals surface area (Å²) in [6, 6.07) is 0.814. The number of carbonyl (C=O) groups is 2. The van der Waals surface area contributed by atoms with E-state index in [4.69, 9.17) is 5.11 Å². The highest BCUT2D eigenvalue weighted by Gasteiger charge is 2.38. The number of benzene rings is 1. The van der Waals surface area contributed by atoms with Gasteiger partial charge in [-0.05, 0) is 25.5 Å². The third-order valence-electron chi connectivity index (χ3n) is 3.57. The number of carbonyl (C=O) groups excluding carboxylic acids is 1. The Morgan fingerprint density at radius 3 is 2.43 bits per heavy atom. The first-order valence-corrected chi connectivity index (χ1v) is 7.05. The number of carboxylic acids is 1. The molecule has 1 aliphatic heterocycles. The molecule has 1 aliphatic rings. The van der Waals surface area contributed by atoms with Crippen molar-refractivity contribution >= 4 is 33.6 Å². The van der Waals surface area contributed by atoms with Gasteiger partial charge in [0.2, 0.25) is 0 Å². The fourth-order valence-electron chi connectivity index (χ4n) is 2.40. The van der Waals surface area contributed by atoms with E-state index in [1.165, 1.54) is 4.90 Å². The standard InChI is InChI=1S/C13H13BrF2N2O3/c1-6-8(12(19)20)2-3-18(6)13(21)17-11-9(15)4-7(14)5-10(11)16/h4-6,8H,2-3H2,1H3,(H,17,21)(H,19,20). The lowest BCUT2D eigenvalue weighted by molar-refractivity contribution is -0.142. The van der Waals surface area contributed by atoms with Gasteiger partial charge in [-0.25, -0.2) is 13.6 Å². The van der Waals surface area contributed by atoms with Crippen LogP contribution in [0.15, 0.2) is 16.6 Å². The second kappa shape index (κ2) is 5.97. The molecular weight excluding hydrogens is 350 g/mol. The van der Waals surface area contributed by atoms with E-state index >= 15 is 0 Å². The molecule has 0 aliphatic carbocycles. The van der Waals surface area contributed by atoms with Crippen LogP contribution >= 0.6 is 15.9 Å². The van der Waals surface area contributed by atoms with Crippen molar-refractivity contribution in [1.82, 2.24) is 4.90 Å². The lowest BCUT2D eigenvalue weighted by Gasteiger charge is -2.23. The largest absolute Gasteiger partial charge is 0.481 e. The number of urea groups is 1. The van der Waals surface area contributed by atoms with E-state index in [1.54, 1.807) is 6.92 Å². The Morgan fingerprint density at radius 1 is 1.38 bits per heavy atom. The number of amides is 2. The van der Waals surface area contributed by atoms with Crippen molar-refractivity contribution in [3.63, 3.8) is 0 Å². The molecule has 2 amide bonds. The number of carboxylic acid groups (broad SMARTS) is 1. The lowest BCUT2D eigenvalue weighted by atomic mass is 10.0. The van der Waals surface area contributed by atoms with Crippen LogP contribution in [0.5, 0.6) is 0 Å². The highest BCUT2D eigenvalue weighted by atomic mass is 79.9. The number of rotatable bonds is 2. The van der Waals surface area contributed by atoms with Crippen LogP contribution in [0.25, 0.3) is 0 Å². The number of aliphatic carboxylic acids is 1. The Hall–Kier alpha value is -1.70. The number of nitrogens with zero attached hydrogens (tertiary/aromatic N) is 1. The molecule has 1 aromatic rings. The van der Waals surface area contributed by atoms with Gasteiger partial charge in [-0.15, -0.1) is 0 Å². The van der Waals surface area contributed by atoms with Crippen LogP contribution < -0.4 is 5.32 Å². The third-order valence-corrected chi connectivity index (χ3v) is 4.03. The van der Waals surface area contributed by atoms with Crippen LogP contribution in [0.2, 0.25) is 0 Å². The van der Waals surface area contributed by atoms with Crippen molar-refractivity contribution in [3.8, 4) is 0 Å². The normalized spacial score (nSPS) is 21.4. The minimum atomic E-state index is -0.987. The monoisotopic (exact) mass is 362 g/mol. The van der Waals surface area contributed by atoms with Crippen molar-refractivity contribution in [2.75, 3.05) is 11.9 Å². The van der Waals surface area contributed by atoms with E-state index < -0.39 is 41.3 Å². The number of halogens is 3. The Morgan fingerprint density at radius 2 is 1.95 bits per heavy atom. The van der Waals surface area contributed by atoms with Gasteiger partial charge in [-0.3, -0.25) is 4.79 Å². The van der Waals surface area contributed by atoms with Gasteiger partial charge in [0.25, 0.3) is 0 Å². The number of hydrogen-bond acceptors (Lipinski definition) is 2. The Labute approximate surface area is 128 Å². The molecule has 0 bridgehead atoms. The minimum absolute atomic E-state index is 0.219. The average Bonchev–Trinajstić information content (AvgIpc) is 2.75. The predicted octanol–water partition coefficient (Wildman–Crippen LogP) is 3.05. The SMILES string of the molecule is CC1C(C(=O)O)CCN1C(=O)Nc1c(F)cc(Br)cc1F. The second-order valence-electron chi connectivity index (χ2n) is 4.84. The first kappa shape index (κ1) is 15.7. The van der Waals surface area contributed by atoms with Gasteiger partial charge in [0, 0.05) is 17.1 Å². The number of nitrogens with one attached hydrogen (secondary N) is 1. The molecule has 0 aromatic heterocycles. The average molecular weight is 363 g/mol. The summed E-state index contributed by atoms with van der Waals surface area (Å²) >= 11 is 2.94. The van der Waals surface area contributed by atoms with Gasteiger partial charge >= 0.3 is 12.0 Å². The summed E-state index contributed by atoms with van der Waals surface area (Å²) < 4.78 is 27.5. The fourth-order valence-corrected chi connectivity index (χ4v) is 2.80. The van der Waals surface area contributed by atoms with E-state index in [1.807, 2.05) is 0 Å². The molecule has 5 nitrogen and oxygen atoms in total. The van der Waals surface area contributed by atoms with Gasteiger partial charge in [0.1, 0.15) is 5.69 Å². The molecule has 0 spiro atoms. The summed E-state index contributed by atoms with van der Waals surface area (Å²) in [7, 11) is 0. The Bertz CT molecular complexity index is 574. The molecular formula is C13H13BrF2N2O3. The van der Waals surface area contributed by atoms with E-state index in [0.717, 1.165) is 12.1 Å². The second-order valence-corrected chi connectivity index (χ2v) is 5.76. The van der Waals surface area contributed by atoms with Crippen LogP contribution in [-0.2, 0) is 4.79 Å².